The number of aryl methyl sites for hydroxylation is 1. The molecule has 1 fully saturated rings. The highest BCUT2D eigenvalue weighted by molar-refractivity contribution is 5.38. The first-order chi connectivity index (χ1) is 9.08. The lowest BCUT2D eigenvalue weighted by Crippen LogP contribution is -2.45. The molecule has 3 N–H and O–H groups in total. The molecule has 0 saturated heterocycles. The smallest absolute Gasteiger partial charge is 0.00200 e. The Morgan fingerprint density at radius 2 is 1.89 bits per heavy atom. The Hall–Kier alpha value is -0.860. The van der Waals surface area contributed by atoms with E-state index in [1.165, 1.54) is 41.5 Å². The van der Waals surface area contributed by atoms with Gasteiger partial charge >= 0.3 is 0 Å². The molecule has 1 aliphatic carbocycles. The van der Waals surface area contributed by atoms with Gasteiger partial charge in [0.1, 0.15) is 0 Å². The zero-order valence-electron chi connectivity index (χ0n) is 12.7. The largest absolute Gasteiger partial charge is 0.330 e. The molecule has 0 bridgehead atoms. The molecule has 1 saturated carbocycles. The summed E-state index contributed by atoms with van der Waals surface area (Å²) < 4.78 is 0. The predicted octanol–water partition coefficient (Wildman–Crippen LogP) is 2.87. The van der Waals surface area contributed by atoms with Crippen LogP contribution in [0.3, 0.4) is 0 Å². The average Bonchev–Trinajstić information content (AvgIpc) is 2.37. The second-order valence-corrected chi connectivity index (χ2v) is 6.28. The van der Waals surface area contributed by atoms with Crippen LogP contribution in [0.4, 0.5) is 0 Å². The fraction of sp³-hybridized carbons (Fsp3) is 0.647. The Morgan fingerprint density at radius 1 is 1.16 bits per heavy atom. The fourth-order valence-electron chi connectivity index (χ4n) is 2.99. The van der Waals surface area contributed by atoms with Crippen LogP contribution in [-0.2, 0) is 6.42 Å². The van der Waals surface area contributed by atoms with Crippen LogP contribution >= 0.6 is 0 Å². The van der Waals surface area contributed by atoms with Gasteiger partial charge in [0.25, 0.3) is 0 Å². The van der Waals surface area contributed by atoms with Gasteiger partial charge in [-0.3, -0.25) is 0 Å². The first kappa shape index (κ1) is 14.5. The molecule has 1 aromatic rings. The van der Waals surface area contributed by atoms with Crippen molar-refractivity contribution in [3.05, 3.63) is 34.4 Å². The van der Waals surface area contributed by atoms with Gasteiger partial charge in [-0.1, -0.05) is 18.6 Å². The van der Waals surface area contributed by atoms with Crippen molar-refractivity contribution in [3.8, 4) is 0 Å². The zero-order chi connectivity index (χ0) is 13.9. The molecule has 0 radical (unpaired) electrons. The maximum absolute atomic E-state index is 5.88. The van der Waals surface area contributed by atoms with Crippen LogP contribution in [0.2, 0.25) is 0 Å². The van der Waals surface area contributed by atoms with Crippen LogP contribution < -0.4 is 11.1 Å². The molecule has 0 unspecified atom stereocenters. The third-order valence-corrected chi connectivity index (χ3v) is 5.09. The van der Waals surface area contributed by atoms with Gasteiger partial charge < -0.3 is 11.1 Å². The molecular formula is C17H28N2. The second kappa shape index (κ2) is 6.06. The maximum atomic E-state index is 5.88. The standard InChI is InChI=1S/C17H28N2/c1-13-5-6-16(15(3)14(13)2)7-10-19-12-17(11-18)8-4-9-17/h5-6,19H,4,7-12,18H2,1-3H3. The Balaban J connectivity index is 1.81. The van der Waals surface area contributed by atoms with Crippen molar-refractivity contribution in [2.45, 2.75) is 46.5 Å². The van der Waals surface area contributed by atoms with Gasteiger partial charge in [-0.2, -0.15) is 0 Å². The first-order valence-corrected chi connectivity index (χ1v) is 7.54. The third-order valence-electron chi connectivity index (χ3n) is 5.09. The summed E-state index contributed by atoms with van der Waals surface area (Å²) in [5, 5.41) is 3.61. The molecule has 0 aromatic heterocycles. The number of hydrogen-bond donors (Lipinski definition) is 2. The molecule has 0 amide bonds. The summed E-state index contributed by atoms with van der Waals surface area (Å²) in [5.74, 6) is 0. The van der Waals surface area contributed by atoms with Crippen molar-refractivity contribution in [2.75, 3.05) is 19.6 Å². The second-order valence-electron chi connectivity index (χ2n) is 6.28. The van der Waals surface area contributed by atoms with Gasteiger partial charge in [-0.25, -0.2) is 0 Å². The van der Waals surface area contributed by atoms with Crippen molar-refractivity contribution in [2.24, 2.45) is 11.1 Å². The minimum Gasteiger partial charge on any atom is -0.330 e. The number of benzene rings is 1. The Morgan fingerprint density at radius 3 is 2.47 bits per heavy atom. The molecule has 19 heavy (non-hydrogen) atoms. The highest BCUT2D eigenvalue weighted by atomic mass is 14.9. The van der Waals surface area contributed by atoms with Gasteiger partial charge in [-0.05, 0) is 80.8 Å². The van der Waals surface area contributed by atoms with E-state index in [-0.39, 0.29) is 0 Å². The summed E-state index contributed by atoms with van der Waals surface area (Å²) in [5.41, 5.74) is 12.1. The third kappa shape index (κ3) is 3.18. The molecule has 0 atom stereocenters. The van der Waals surface area contributed by atoms with Crippen LogP contribution in [0.1, 0.15) is 41.5 Å². The molecule has 2 nitrogen and oxygen atoms in total. The lowest BCUT2D eigenvalue weighted by Gasteiger charge is -2.41. The number of nitrogens with two attached hydrogens (primary N) is 1. The predicted molar refractivity (Wildman–Crippen MR) is 82.6 cm³/mol. The highest BCUT2D eigenvalue weighted by Crippen LogP contribution is 2.39. The van der Waals surface area contributed by atoms with E-state index in [0.717, 1.165) is 26.1 Å². The van der Waals surface area contributed by atoms with Crippen LogP contribution in [0.25, 0.3) is 0 Å². The van der Waals surface area contributed by atoms with E-state index in [2.05, 4.69) is 38.2 Å². The number of hydrogen-bond acceptors (Lipinski definition) is 2. The summed E-state index contributed by atoms with van der Waals surface area (Å²) in [7, 11) is 0. The fourth-order valence-corrected chi connectivity index (χ4v) is 2.99. The van der Waals surface area contributed by atoms with Crippen LogP contribution in [-0.4, -0.2) is 19.6 Å². The monoisotopic (exact) mass is 260 g/mol. The minimum atomic E-state index is 0.415. The molecule has 0 spiro atoms. The molecule has 1 aliphatic rings. The average molecular weight is 260 g/mol. The molecule has 2 heteroatoms. The summed E-state index contributed by atoms with van der Waals surface area (Å²) in [6.45, 7) is 9.64. The summed E-state index contributed by atoms with van der Waals surface area (Å²) in [6.07, 6.45) is 5.08. The highest BCUT2D eigenvalue weighted by Gasteiger charge is 2.34. The maximum Gasteiger partial charge on any atom is 0.00200 e. The molecule has 1 aromatic carbocycles. The minimum absolute atomic E-state index is 0.415. The normalized spacial score (nSPS) is 17.3. The van der Waals surface area contributed by atoms with Crippen LogP contribution in [0, 0.1) is 26.2 Å². The van der Waals surface area contributed by atoms with E-state index in [1.54, 1.807) is 0 Å². The van der Waals surface area contributed by atoms with E-state index in [4.69, 9.17) is 5.73 Å². The summed E-state index contributed by atoms with van der Waals surface area (Å²) in [4.78, 5) is 0. The Labute approximate surface area is 117 Å². The van der Waals surface area contributed by atoms with Crippen molar-refractivity contribution in [1.29, 1.82) is 0 Å². The Kier molecular flexibility index (Phi) is 4.64. The molecular weight excluding hydrogens is 232 g/mol. The molecule has 106 valence electrons. The zero-order valence-corrected chi connectivity index (χ0v) is 12.7. The first-order valence-electron chi connectivity index (χ1n) is 7.54. The van der Waals surface area contributed by atoms with Gasteiger partial charge in [0.15, 0.2) is 0 Å². The van der Waals surface area contributed by atoms with Gasteiger partial charge in [0.2, 0.25) is 0 Å². The topological polar surface area (TPSA) is 38.0 Å². The van der Waals surface area contributed by atoms with Gasteiger partial charge in [0, 0.05) is 6.54 Å². The van der Waals surface area contributed by atoms with Crippen molar-refractivity contribution >= 4 is 0 Å². The quantitative estimate of drug-likeness (QED) is 0.772. The van der Waals surface area contributed by atoms with Crippen molar-refractivity contribution < 1.29 is 0 Å². The number of nitrogens with one attached hydrogen (secondary N) is 1. The van der Waals surface area contributed by atoms with Crippen molar-refractivity contribution in [3.63, 3.8) is 0 Å². The van der Waals surface area contributed by atoms with Crippen LogP contribution in [0.5, 0.6) is 0 Å². The van der Waals surface area contributed by atoms with Crippen molar-refractivity contribution in [1.82, 2.24) is 5.32 Å². The lowest BCUT2D eigenvalue weighted by atomic mass is 9.69. The van der Waals surface area contributed by atoms with E-state index in [1.807, 2.05) is 0 Å². The molecule has 2 rings (SSSR count). The molecule has 0 heterocycles. The van der Waals surface area contributed by atoms with E-state index < -0.39 is 0 Å². The lowest BCUT2D eigenvalue weighted by molar-refractivity contribution is 0.141. The summed E-state index contributed by atoms with van der Waals surface area (Å²) in [6, 6.07) is 4.52. The van der Waals surface area contributed by atoms with E-state index >= 15 is 0 Å². The Bertz CT molecular complexity index is 428. The van der Waals surface area contributed by atoms with Gasteiger partial charge in [-0.15, -0.1) is 0 Å². The van der Waals surface area contributed by atoms with E-state index in [9.17, 15) is 0 Å². The van der Waals surface area contributed by atoms with E-state index in [0.29, 0.717) is 5.41 Å². The number of rotatable bonds is 6. The van der Waals surface area contributed by atoms with Crippen LogP contribution in [0.15, 0.2) is 12.1 Å². The SMILES string of the molecule is Cc1ccc(CCNCC2(CN)CCC2)c(C)c1C. The van der Waals surface area contributed by atoms with Gasteiger partial charge in [0.05, 0.1) is 0 Å². The molecule has 0 aliphatic heterocycles. The summed E-state index contributed by atoms with van der Waals surface area (Å²) >= 11 is 0.